The van der Waals surface area contributed by atoms with E-state index in [4.69, 9.17) is 9.47 Å². The summed E-state index contributed by atoms with van der Waals surface area (Å²) in [5, 5.41) is 0. The number of carbonyl (C=O) groups is 1. The smallest absolute Gasteiger partial charge is 0.416 e. The van der Waals surface area contributed by atoms with Crippen LogP contribution in [0.4, 0.5) is 26.3 Å². The highest BCUT2D eigenvalue weighted by Crippen LogP contribution is 2.37. The molecule has 0 saturated carbocycles. The highest BCUT2D eigenvalue weighted by Gasteiger charge is 2.38. The third-order valence-electron chi connectivity index (χ3n) is 3.95. The average molecular weight is 420 g/mol. The molecule has 0 bridgehead atoms. The Labute approximate surface area is 163 Å². The van der Waals surface area contributed by atoms with Gasteiger partial charge in [-0.15, -0.1) is 0 Å². The Hall–Kier alpha value is -2.55. The standard InChI is InChI=1S/C20H18F6O3/c21-19(22,23)16-7-6-15(18(11-16)20(24,25)26)13-28-8-1-2-9-29-17-5-3-4-14(10-17)12-27/h3-7,10-12H,1-2,8-9,13H2. The second kappa shape index (κ2) is 9.78. The number of hydrogen-bond donors (Lipinski definition) is 0. The van der Waals surface area contributed by atoms with Crippen molar-refractivity contribution in [2.24, 2.45) is 0 Å². The molecule has 158 valence electrons. The summed E-state index contributed by atoms with van der Waals surface area (Å²) in [6.45, 7) is -0.00890. The van der Waals surface area contributed by atoms with Crippen molar-refractivity contribution in [3.8, 4) is 5.75 Å². The van der Waals surface area contributed by atoms with Crippen LogP contribution in [0.3, 0.4) is 0 Å². The van der Waals surface area contributed by atoms with E-state index in [0.29, 0.717) is 43.1 Å². The summed E-state index contributed by atoms with van der Waals surface area (Å²) in [5.41, 5.74) is -2.59. The molecule has 29 heavy (non-hydrogen) atoms. The van der Waals surface area contributed by atoms with E-state index in [9.17, 15) is 31.1 Å². The van der Waals surface area contributed by atoms with Crippen LogP contribution in [0.5, 0.6) is 5.75 Å². The van der Waals surface area contributed by atoms with Crippen LogP contribution >= 0.6 is 0 Å². The zero-order valence-electron chi connectivity index (χ0n) is 15.1. The van der Waals surface area contributed by atoms with E-state index in [-0.39, 0.29) is 18.2 Å². The fourth-order valence-electron chi connectivity index (χ4n) is 2.50. The lowest BCUT2D eigenvalue weighted by molar-refractivity contribution is -0.143. The number of ether oxygens (including phenoxy) is 2. The van der Waals surface area contributed by atoms with Crippen LogP contribution in [0, 0.1) is 0 Å². The molecule has 0 atom stereocenters. The molecule has 9 heteroatoms. The van der Waals surface area contributed by atoms with Gasteiger partial charge in [0.25, 0.3) is 0 Å². The summed E-state index contributed by atoms with van der Waals surface area (Å²) in [4.78, 5) is 10.7. The molecule has 0 heterocycles. The van der Waals surface area contributed by atoms with E-state index < -0.39 is 30.1 Å². The molecular weight excluding hydrogens is 402 g/mol. The topological polar surface area (TPSA) is 35.5 Å². The fourth-order valence-corrected chi connectivity index (χ4v) is 2.50. The van der Waals surface area contributed by atoms with E-state index in [0.717, 1.165) is 6.07 Å². The third kappa shape index (κ3) is 7.08. The first-order valence-electron chi connectivity index (χ1n) is 8.64. The summed E-state index contributed by atoms with van der Waals surface area (Å²) in [7, 11) is 0. The quantitative estimate of drug-likeness (QED) is 0.287. The van der Waals surface area contributed by atoms with E-state index in [2.05, 4.69) is 0 Å². The molecule has 0 radical (unpaired) electrons. The van der Waals surface area contributed by atoms with Crippen molar-refractivity contribution in [1.29, 1.82) is 0 Å². The first-order chi connectivity index (χ1) is 13.6. The number of alkyl halides is 6. The number of unbranched alkanes of at least 4 members (excludes halogenated alkanes) is 1. The van der Waals surface area contributed by atoms with Crippen LogP contribution in [0.2, 0.25) is 0 Å². The van der Waals surface area contributed by atoms with Gasteiger partial charge in [0.1, 0.15) is 12.0 Å². The molecule has 3 nitrogen and oxygen atoms in total. The number of hydrogen-bond acceptors (Lipinski definition) is 3. The molecule has 0 spiro atoms. The van der Waals surface area contributed by atoms with Gasteiger partial charge in [0.2, 0.25) is 0 Å². The van der Waals surface area contributed by atoms with Crippen LogP contribution in [-0.2, 0) is 23.7 Å². The summed E-state index contributed by atoms with van der Waals surface area (Å²) >= 11 is 0. The summed E-state index contributed by atoms with van der Waals surface area (Å²) < 4.78 is 87.7. The fraction of sp³-hybridized carbons (Fsp3) is 0.350. The van der Waals surface area contributed by atoms with Crippen LogP contribution in [-0.4, -0.2) is 19.5 Å². The van der Waals surface area contributed by atoms with E-state index in [1.807, 2.05) is 0 Å². The first kappa shape index (κ1) is 22.7. The normalized spacial score (nSPS) is 12.1. The van der Waals surface area contributed by atoms with Crippen molar-refractivity contribution in [1.82, 2.24) is 0 Å². The predicted molar refractivity (Wildman–Crippen MR) is 92.7 cm³/mol. The van der Waals surface area contributed by atoms with Gasteiger partial charge in [-0.1, -0.05) is 18.2 Å². The van der Waals surface area contributed by atoms with Crippen molar-refractivity contribution in [2.75, 3.05) is 13.2 Å². The van der Waals surface area contributed by atoms with Gasteiger partial charge in [-0.25, -0.2) is 0 Å². The molecule has 0 aliphatic heterocycles. The van der Waals surface area contributed by atoms with Crippen molar-refractivity contribution >= 4 is 6.29 Å². The second-order valence-corrected chi connectivity index (χ2v) is 6.17. The number of aldehydes is 1. The number of benzene rings is 2. The van der Waals surface area contributed by atoms with Crippen molar-refractivity contribution in [2.45, 2.75) is 31.8 Å². The highest BCUT2D eigenvalue weighted by molar-refractivity contribution is 5.75. The summed E-state index contributed by atoms with van der Waals surface area (Å²) in [5.74, 6) is 0.523. The largest absolute Gasteiger partial charge is 0.494 e. The lowest BCUT2D eigenvalue weighted by Gasteiger charge is -2.16. The molecule has 2 aromatic carbocycles. The third-order valence-corrected chi connectivity index (χ3v) is 3.95. The Kier molecular flexibility index (Phi) is 7.66. The van der Waals surface area contributed by atoms with Gasteiger partial charge in [-0.05, 0) is 42.7 Å². The Morgan fingerprint density at radius 1 is 0.862 bits per heavy atom. The molecule has 2 aromatic rings. The van der Waals surface area contributed by atoms with E-state index in [1.165, 1.54) is 0 Å². The minimum absolute atomic E-state index is 0.0972. The minimum Gasteiger partial charge on any atom is -0.494 e. The molecule has 0 aliphatic rings. The Morgan fingerprint density at radius 2 is 1.59 bits per heavy atom. The Morgan fingerprint density at radius 3 is 2.24 bits per heavy atom. The van der Waals surface area contributed by atoms with E-state index >= 15 is 0 Å². The molecule has 0 N–H and O–H groups in total. The molecule has 0 aromatic heterocycles. The lowest BCUT2D eigenvalue weighted by atomic mass is 10.0. The summed E-state index contributed by atoms with van der Waals surface area (Å²) in [6, 6.07) is 8.05. The van der Waals surface area contributed by atoms with Gasteiger partial charge in [0, 0.05) is 12.2 Å². The maximum atomic E-state index is 13.0. The van der Waals surface area contributed by atoms with Crippen LogP contribution < -0.4 is 4.74 Å². The first-order valence-corrected chi connectivity index (χ1v) is 8.64. The maximum Gasteiger partial charge on any atom is 0.416 e. The lowest BCUT2D eigenvalue weighted by Crippen LogP contribution is -2.14. The number of halogens is 6. The van der Waals surface area contributed by atoms with Gasteiger partial charge in [-0.3, -0.25) is 4.79 Å². The number of carbonyl (C=O) groups excluding carboxylic acids is 1. The van der Waals surface area contributed by atoms with Gasteiger partial charge in [0.15, 0.2) is 0 Å². The number of rotatable bonds is 9. The molecular formula is C20H18F6O3. The van der Waals surface area contributed by atoms with Gasteiger partial charge in [-0.2, -0.15) is 26.3 Å². The van der Waals surface area contributed by atoms with Crippen LogP contribution in [0.15, 0.2) is 42.5 Å². The monoisotopic (exact) mass is 420 g/mol. The SMILES string of the molecule is O=Cc1cccc(OCCCCOCc2ccc(C(F)(F)F)cc2C(F)(F)F)c1. The maximum absolute atomic E-state index is 13.0. The molecule has 0 fully saturated rings. The van der Waals surface area contributed by atoms with Gasteiger partial charge >= 0.3 is 12.4 Å². The Bertz CT molecular complexity index is 815. The average Bonchev–Trinajstić information content (AvgIpc) is 2.66. The minimum atomic E-state index is -4.91. The molecule has 2 rings (SSSR count). The predicted octanol–water partition coefficient (Wildman–Crippen LogP) is 5.91. The Balaban J connectivity index is 1.80. The van der Waals surface area contributed by atoms with Crippen molar-refractivity contribution < 1.29 is 40.6 Å². The molecule has 0 amide bonds. The van der Waals surface area contributed by atoms with Crippen LogP contribution in [0.1, 0.15) is 39.9 Å². The zero-order chi connectivity index (χ0) is 21.5. The van der Waals surface area contributed by atoms with E-state index in [1.54, 1.807) is 24.3 Å². The highest BCUT2D eigenvalue weighted by atomic mass is 19.4. The van der Waals surface area contributed by atoms with Gasteiger partial charge < -0.3 is 9.47 Å². The van der Waals surface area contributed by atoms with Gasteiger partial charge in [0.05, 0.1) is 24.3 Å². The second-order valence-electron chi connectivity index (χ2n) is 6.17. The van der Waals surface area contributed by atoms with Crippen molar-refractivity contribution in [3.05, 3.63) is 64.7 Å². The van der Waals surface area contributed by atoms with Crippen LogP contribution in [0.25, 0.3) is 0 Å². The molecule has 0 aliphatic carbocycles. The molecule has 0 unspecified atom stereocenters. The molecule has 0 saturated heterocycles. The van der Waals surface area contributed by atoms with Crippen molar-refractivity contribution in [3.63, 3.8) is 0 Å². The summed E-state index contributed by atoms with van der Waals surface area (Å²) in [6.07, 6.45) is -8.05. The zero-order valence-corrected chi connectivity index (χ0v) is 15.1.